The molecule has 1 amide bonds. The number of esters is 1. The zero-order valence-corrected chi connectivity index (χ0v) is 18.4. The average molecular weight is 413 g/mol. The van der Waals surface area contributed by atoms with Crippen molar-refractivity contribution in [1.29, 1.82) is 0 Å². The van der Waals surface area contributed by atoms with Crippen LogP contribution in [0.15, 0.2) is 12.3 Å². The molecule has 30 heavy (non-hydrogen) atoms. The molecule has 162 valence electrons. The van der Waals surface area contributed by atoms with Gasteiger partial charge in [0.05, 0.1) is 17.1 Å². The molecule has 0 bridgehead atoms. The molecule has 2 aliphatic carbocycles. The second-order valence-electron chi connectivity index (χ2n) is 9.21. The van der Waals surface area contributed by atoms with Crippen molar-refractivity contribution in [3.05, 3.63) is 23.5 Å². The number of hydrogen-bond donors (Lipinski definition) is 1. The van der Waals surface area contributed by atoms with Crippen molar-refractivity contribution in [3.8, 4) is 0 Å². The summed E-state index contributed by atoms with van der Waals surface area (Å²) in [6, 6.07) is 2.11. The molecular formula is C23H32N4O3. The van der Waals surface area contributed by atoms with Crippen LogP contribution in [0.1, 0.15) is 94.2 Å². The van der Waals surface area contributed by atoms with Crippen molar-refractivity contribution in [1.82, 2.24) is 20.1 Å². The summed E-state index contributed by atoms with van der Waals surface area (Å²) in [4.78, 5) is 30.5. The summed E-state index contributed by atoms with van der Waals surface area (Å²) in [6.07, 6.45) is 7.44. The fourth-order valence-electron chi connectivity index (χ4n) is 4.28. The second kappa shape index (κ2) is 8.36. The number of fused-ring (bicyclic) bond motifs is 1. The Balaban J connectivity index is 1.53. The number of ether oxygens (including phenoxy) is 1. The summed E-state index contributed by atoms with van der Waals surface area (Å²) in [5.74, 6) is 0.123. The van der Waals surface area contributed by atoms with Gasteiger partial charge in [-0.05, 0) is 58.4 Å². The van der Waals surface area contributed by atoms with E-state index in [2.05, 4.69) is 17.3 Å². The largest absolute Gasteiger partial charge is 0.449 e. The minimum Gasteiger partial charge on any atom is -0.449 e. The van der Waals surface area contributed by atoms with Gasteiger partial charge in [-0.1, -0.05) is 19.8 Å². The normalized spacial score (nSPS) is 22.8. The van der Waals surface area contributed by atoms with Gasteiger partial charge in [0.2, 0.25) is 0 Å². The van der Waals surface area contributed by atoms with Crippen LogP contribution in [0.4, 0.5) is 0 Å². The Hall–Kier alpha value is -2.44. The van der Waals surface area contributed by atoms with Crippen molar-refractivity contribution in [2.24, 2.45) is 5.92 Å². The lowest BCUT2D eigenvalue weighted by Gasteiger charge is -2.30. The van der Waals surface area contributed by atoms with E-state index >= 15 is 0 Å². The molecule has 0 aliphatic heterocycles. The number of nitrogens with zero attached hydrogens (tertiary/aromatic N) is 3. The molecule has 2 saturated carbocycles. The molecule has 2 aromatic heterocycles. The maximum atomic E-state index is 13.0. The SMILES string of the molecule is CC(OC(=O)c1cc(C2CC2)nc2c1cnn2C(C)C)C(=O)NC1CCCCC1C. The monoisotopic (exact) mass is 412 g/mol. The number of aromatic nitrogens is 3. The van der Waals surface area contributed by atoms with E-state index in [4.69, 9.17) is 9.72 Å². The van der Waals surface area contributed by atoms with Crippen LogP contribution < -0.4 is 5.32 Å². The number of pyridine rings is 1. The van der Waals surface area contributed by atoms with Crippen molar-refractivity contribution in [3.63, 3.8) is 0 Å². The Morgan fingerprint density at radius 2 is 1.90 bits per heavy atom. The van der Waals surface area contributed by atoms with Gasteiger partial charge in [0.15, 0.2) is 11.8 Å². The third kappa shape index (κ3) is 4.20. The number of nitrogens with one attached hydrogen (secondary N) is 1. The minimum absolute atomic E-state index is 0.135. The first-order chi connectivity index (χ1) is 14.3. The average Bonchev–Trinajstić information content (AvgIpc) is 3.47. The molecular weight excluding hydrogens is 380 g/mol. The van der Waals surface area contributed by atoms with E-state index in [0.29, 0.717) is 28.4 Å². The van der Waals surface area contributed by atoms with E-state index in [0.717, 1.165) is 37.8 Å². The van der Waals surface area contributed by atoms with Gasteiger partial charge in [-0.15, -0.1) is 0 Å². The highest BCUT2D eigenvalue weighted by atomic mass is 16.5. The van der Waals surface area contributed by atoms with Gasteiger partial charge in [0, 0.05) is 23.7 Å². The van der Waals surface area contributed by atoms with Crippen LogP contribution >= 0.6 is 0 Å². The zero-order chi connectivity index (χ0) is 21.4. The first-order valence-electron chi connectivity index (χ1n) is 11.2. The highest BCUT2D eigenvalue weighted by Crippen LogP contribution is 2.40. The number of rotatable bonds is 6. The molecule has 2 aliphatic rings. The second-order valence-corrected chi connectivity index (χ2v) is 9.21. The van der Waals surface area contributed by atoms with Crippen LogP contribution in [-0.2, 0) is 9.53 Å². The summed E-state index contributed by atoms with van der Waals surface area (Å²) < 4.78 is 7.42. The standard InChI is InChI=1S/C23H32N4O3/c1-13(2)27-21-18(12-24-27)17(11-20(25-21)16-9-10-16)23(29)30-15(4)22(28)26-19-8-6-5-7-14(19)3/h11-16,19H,5-10H2,1-4H3,(H,26,28). The predicted molar refractivity (Wildman–Crippen MR) is 114 cm³/mol. The lowest BCUT2D eigenvalue weighted by Crippen LogP contribution is -2.46. The smallest absolute Gasteiger partial charge is 0.339 e. The molecule has 1 N–H and O–H groups in total. The number of hydrogen-bond acceptors (Lipinski definition) is 5. The molecule has 2 aromatic rings. The topological polar surface area (TPSA) is 86.1 Å². The fourth-order valence-corrected chi connectivity index (χ4v) is 4.28. The Morgan fingerprint density at radius 1 is 1.17 bits per heavy atom. The van der Waals surface area contributed by atoms with Crippen LogP contribution in [0.2, 0.25) is 0 Å². The molecule has 7 nitrogen and oxygen atoms in total. The van der Waals surface area contributed by atoms with Gasteiger partial charge in [-0.2, -0.15) is 5.10 Å². The van der Waals surface area contributed by atoms with Crippen molar-refractivity contribution in [2.45, 2.75) is 90.3 Å². The van der Waals surface area contributed by atoms with Gasteiger partial charge in [0.25, 0.3) is 5.91 Å². The van der Waals surface area contributed by atoms with Crippen molar-refractivity contribution >= 4 is 22.9 Å². The molecule has 4 rings (SSSR count). The lowest BCUT2D eigenvalue weighted by molar-refractivity contribution is -0.130. The molecule has 0 radical (unpaired) electrons. The zero-order valence-electron chi connectivity index (χ0n) is 18.4. The van der Waals surface area contributed by atoms with E-state index in [1.807, 2.05) is 24.6 Å². The van der Waals surface area contributed by atoms with Gasteiger partial charge in [0.1, 0.15) is 0 Å². The molecule has 3 unspecified atom stereocenters. The number of carbonyl (C=O) groups is 2. The maximum absolute atomic E-state index is 13.0. The first kappa shape index (κ1) is 20.8. The van der Waals surface area contributed by atoms with Crippen LogP contribution in [0.5, 0.6) is 0 Å². The highest BCUT2D eigenvalue weighted by Gasteiger charge is 2.30. The third-order valence-electron chi connectivity index (χ3n) is 6.38. The van der Waals surface area contributed by atoms with E-state index in [1.54, 1.807) is 13.1 Å². The summed E-state index contributed by atoms with van der Waals surface area (Å²) in [5.41, 5.74) is 2.05. The highest BCUT2D eigenvalue weighted by molar-refractivity contribution is 6.03. The van der Waals surface area contributed by atoms with Crippen molar-refractivity contribution < 1.29 is 14.3 Å². The van der Waals surface area contributed by atoms with Crippen LogP contribution in [-0.4, -0.2) is 38.8 Å². The first-order valence-corrected chi connectivity index (χ1v) is 11.2. The third-order valence-corrected chi connectivity index (χ3v) is 6.38. The predicted octanol–water partition coefficient (Wildman–Crippen LogP) is 4.13. The molecule has 0 aromatic carbocycles. The Bertz CT molecular complexity index is 947. The van der Waals surface area contributed by atoms with E-state index < -0.39 is 12.1 Å². The Kier molecular flexibility index (Phi) is 5.80. The van der Waals surface area contributed by atoms with Crippen LogP contribution in [0.25, 0.3) is 11.0 Å². The lowest BCUT2D eigenvalue weighted by atomic mass is 9.86. The molecule has 2 fully saturated rings. The van der Waals surface area contributed by atoms with E-state index in [-0.39, 0.29) is 18.0 Å². The number of amides is 1. The van der Waals surface area contributed by atoms with Gasteiger partial charge >= 0.3 is 5.97 Å². The van der Waals surface area contributed by atoms with E-state index in [1.165, 1.54) is 6.42 Å². The van der Waals surface area contributed by atoms with Gasteiger partial charge < -0.3 is 10.1 Å². The number of carbonyl (C=O) groups excluding carboxylic acids is 2. The summed E-state index contributed by atoms with van der Waals surface area (Å²) >= 11 is 0. The van der Waals surface area contributed by atoms with Gasteiger partial charge in [-0.3, -0.25) is 4.79 Å². The fraction of sp³-hybridized carbons (Fsp3) is 0.652. The molecule has 3 atom stereocenters. The summed E-state index contributed by atoms with van der Waals surface area (Å²) in [7, 11) is 0. The Labute approximate surface area is 177 Å². The molecule has 7 heteroatoms. The Morgan fingerprint density at radius 3 is 2.57 bits per heavy atom. The molecule has 0 saturated heterocycles. The summed E-state index contributed by atoms with van der Waals surface area (Å²) in [5, 5.41) is 8.17. The quantitative estimate of drug-likeness (QED) is 0.721. The molecule has 0 spiro atoms. The van der Waals surface area contributed by atoms with Crippen LogP contribution in [0, 0.1) is 5.92 Å². The van der Waals surface area contributed by atoms with E-state index in [9.17, 15) is 9.59 Å². The summed E-state index contributed by atoms with van der Waals surface area (Å²) in [6.45, 7) is 7.88. The van der Waals surface area contributed by atoms with Crippen LogP contribution in [0.3, 0.4) is 0 Å². The minimum atomic E-state index is -0.848. The van der Waals surface area contributed by atoms with Crippen molar-refractivity contribution in [2.75, 3.05) is 0 Å². The van der Waals surface area contributed by atoms with Gasteiger partial charge in [-0.25, -0.2) is 14.5 Å². The molecule has 2 heterocycles. The maximum Gasteiger partial charge on any atom is 0.339 e.